The molecule has 0 bridgehead atoms. The van der Waals surface area contributed by atoms with E-state index in [4.69, 9.17) is 0 Å². The Morgan fingerprint density at radius 3 is 2.71 bits per heavy atom. The summed E-state index contributed by atoms with van der Waals surface area (Å²) in [5, 5.41) is 0. The minimum Gasteiger partial charge on any atom is -0.359 e. The smallest absolute Gasteiger partial charge is 0.0876 e. The van der Waals surface area contributed by atoms with Crippen LogP contribution in [0.4, 0.5) is 5.69 Å². The van der Waals surface area contributed by atoms with E-state index in [0.29, 0.717) is 0 Å². The van der Waals surface area contributed by atoms with Crippen LogP contribution in [0.5, 0.6) is 0 Å². The molecule has 1 heterocycles. The lowest BCUT2D eigenvalue weighted by atomic mass is 10.1. The molecule has 0 amide bonds. The second kappa shape index (κ2) is 3.50. The maximum absolute atomic E-state index is 2.41. The van der Waals surface area contributed by atoms with Crippen LogP contribution in [-0.4, -0.2) is 11.9 Å². The van der Waals surface area contributed by atoms with Crippen molar-refractivity contribution in [3.8, 4) is 0 Å². The van der Waals surface area contributed by atoms with Crippen LogP contribution >= 0.6 is 11.8 Å². The number of para-hydroxylation sites is 1. The van der Waals surface area contributed by atoms with E-state index in [1.54, 1.807) is 0 Å². The highest BCUT2D eigenvalue weighted by Gasteiger charge is 2.37. The predicted octanol–water partition coefficient (Wildman–Crippen LogP) is 3.74. The summed E-state index contributed by atoms with van der Waals surface area (Å²) < 4.78 is 0. The average molecular weight is 207 g/mol. The molecule has 0 aliphatic carbocycles. The van der Waals surface area contributed by atoms with E-state index in [-0.39, 0.29) is 4.87 Å². The SMILES string of the molecule is CCCC1(C)Sc2ccccc2N1C. The molecule has 0 fully saturated rings. The lowest BCUT2D eigenvalue weighted by molar-refractivity contribution is 0.575. The molecule has 2 heteroatoms. The molecule has 1 aliphatic rings. The Morgan fingerprint density at radius 1 is 1.36 bits per heavy atom. The number of anilines is 1. The molecule has 0 radical (unpaired) electrons. The fraction of sp³-hybridized carbons (Fsp3) is 0.500. The fourth-order valence-electron chi connectivity index (χ4n) is 2.06. The number of fused-ring (bicyclic) bond motifs is 1. The lowest BCUT2D eigenvalue weighted by Gasteiger charge is -2.32. The molecule has 1 aromatic rings. The van der Waals surface area contributed by atoms with E-state index in [0.717, 1.165) is 0 Å². The summed E-state index contributed by atoms with van der Waals surface area (Å²) in [6.45, 7) is 4.59. The van der Waals surface area contributed by atoms with Gasteiger partial charge in [-0.2, -0.15) is 0 Å². The van der Waals surface area contributed by atoms with E-state index in [1.807, 2.05) is 11.8 Å². The molecule has 0 saturated carbocycles. The van der Waals surface area contributed by atoms with Crippen molar-refractivity contribution in [1.29, 1.82) is 0 Å². The van der Waals surface area contributed by atoms with Gasteiger partial charge in [-0.15, -0.1) is 0 Å². The van der Waals surface area contributed by atoms with Crippen LogP contribution in [0.1, 0.15) is 26.7 Å². The molecule has 2 rings (SSSR count). The molecule has 1 aliphatic heterocycles. The van der Waals surface area contributed by atoms with Crippen LogP contribution in [0.2, 0.25) is 0 Å². The highest BCUT2D eigenvalue weighted by Crippen LogP contribution is 2.50. The fourth-order valence-corrected chi connectivity index (χ4v) is 3.53. The quantitative estimate of drug-likeness (QED) is 0.726. The van der Waals surface area contributed by atoms with Gasteiger partial charge in [-0.3, -0.25) is 0 Å². The van der Waals surface area contributed by atoms with Gasteiger partial charge in [0, 0.05) is 11.9 Å². The van der Waals surface area contributed by atoms with Gasteiger partial charge in [0.05, 0.1) is 10.6 Å². The third kappa shape index (κ3) is 1.42. The zero-order chi connectivity index (χ0) is 10.2. The number of nitrogens with zero attached hydrogens (tertiary/aromatic N) is 1. The molecular formula is C12H17NS. The van der Waals surface area contributed by atoms with Crippen molar-refractivity contribution < 1.29 is 0 Å². The molecule has 1 aromatic carbocycles. The van der Waals surface area contributed by atoms with Gasteiger partial charge in [0.2, 0.25) is 0 Å². The molecule has 1 atom stereocenters. The Morgan fingerprint density at radius 2 is 2.07 bits per heavy atom. The first kappa shape index (κ1) is 9.91. The van der Waals surface area contributed by atoms with Crippen LogP contribution in [0.3, 0.4) is 0 Å². The standard InChI is InChI=1S/C12H17NS/c1-4-9-12(2)13(3)10-7-5-6-8-11(10)14-12/h5-8H,4,9H2,1-3H3. The van der Waals surface area contributed by atoms with Gasteiger partial charge in [-0.1, -0.05) is 37.2 Å². The van der Waals surface area contributed by atoms with Crippen LogP contribution in [0, 0.1) is 0 Å². The van der Waals surface area contributed by atoms with Crippen molar-refractivity contribution in [3.63, 3.8) is 0 Å². The summed E-state index contributed by atoms with van der Waals surface area (Å²) >= 11 is 2.00. The maximum Gasteiger partial charge on any atom is 0.0876 e. The number of benzene rings is 1. The molecule has 1 unspecified atom stereocenters. The molecule has 14 heavy (non-hydrogen) atoms. The van der Waals surface area contributed by atoms with Crippen molar-refractivity contribution in [3.05, 3.63) is 24.3 Å². The predicted molar refractivity (Wildman–Crippen MR) is 64.0 cm³/mol. The minimum atomic E-state index is 0.262. The highest BCUT2D eigenvalue weighted by atomic mass is 32.2. The monoisotopic (exact) mass is 207 g/mol. The second-order valence-corrected chi connectivity index (χ2v) is 5.58. The first-order valence-electron chi connectivity index (χ1n) is 5.19. The van der Waals surface area contributed by atoms with Crippen molar-refractivity contribution in [2.24, 2.45) is 0 Å². The zero-order valence-electron chi connectivity index (χ0n) is 9.08. The molecule has 76 valence electrons. The van der Waals surface area contributed by atoms with Crippen molar-refractivity contribution in [1.82, 2.24) is 0 Å². The molecule has 0 spiro atoms. The summed E-state index contributed by atoms with van der Waals surface area (Å²) in [6.07, 6.45) is 2.48. The van der Waals surface area contributed by atoms with E-state index in [2.05, 4.69) is 50.1 Å². The number of hydrogen-bond acceptors (Lipinski definition) is 2. The summed E-state index contributed by atoms with van der Waals surface area (Å²) in [6, 6.07) is 8.67. The molecule has 0 aromatic heterocycles. The first-order chi connectivity index (χ1) is 6.67. The van der Waals surface area contributed by atoms with E-state index < -0.39 is 0 Å². The van der Waals surface area contributed by atoms with E-state index >= 15 is 0 Å². The summed E-state index contributed by atoms with van der Waals surface area (Å²) in [4.78, 5) is 4.10. The van der Waals surface area contributed by atoms with Gasteiger partial charge in [0.1, 0.15) is 0 Å². The Balaban J connectivity index is 2.33. The Bertz CT molecular complexity index is 337. The second-order valence-electron chi connectivity index (χ2n) is 4.05. The molecule has 1 nitrogen and oxygen atoms in total. The van der Waals surface area contributed by atoms with Gasteiger partial charge in [-0.05, 0) is 25.5 Å². The topological polar surface area (TPSA) is 3.24 Å². The normalized spacial score (nSPS) is 25.2. The van der Waals surface area contributed by atoms with Crippen LogP contribution in [0.15, 0.2) is 29.2 Å². The highest BCUT2D eigenvalue weighted by molar-refractivity contribution is 8.01. The Labute approximate surface area is 90.5 Å². The van der Waals surface area contributed by atoms with Crippen molar-refractivity contribution in [2.75, 3.05) is 11.9 Å². The number of thioether (sulfide) groups is 1. The third-order valence-electron chi connectivity index (χ3n) is 2.98. The van der Waals surface area contributed by atoms with Crippen molar-refractivity contribution in [2.45, 2.75) is 36.5 Å². The minimum absolute atomic E-state index is 0.262. The summed E-state index contributed by atoms with van der Waals surface area (Å²) in [5.74, 6) is 0. The lowest BCUT2D eigenvalue weighted by Crippen LogP contribution is -2.37. The maximum atomic E-state index is 2.41. The Kier molecular flexibility index (Phi) is 2.48. The summed E-state index contributed by atoms with van der Waals surface area (Å²) in [5.41, 5.74) is 1.38. The molecule has 0 saturated heterocycles. The number of rotatable bonds is 2. The van der Waals surface area contributed by atoms with Gasteiger partial charge < -0.3 is 4.90 Å². The average Bonchev–Trinajstić information content (AvgIpc) is 2.41. The largest absolute Gasteiger partial charge is 0.359 e. The first-order valence-corrected chi connectivity index (χ1v) is 6.01. The Hall–Kier alpha value is -0.630. The van der Waals surface area contributed by atoms with E-state index in [9.17, 15) is 0 Å². The van der Waals surface area contributed by atoms with Gasteiger partial charge in [0.25, 0.3) is 0 Å². The number of hydrogen-bond donors (Lipinski definition) is 0. The van der Waals surface area contributed by atoms with Gasteiger partial charge >= 0.3 is 0 Å². The van der Waals surface area contributed by atoms with Crippen LogP contribution in [-0.2, 0) is 0 Å². The zero-order valence-corrected chi connectivity index (χ0v) is 9.90. The molecule has 0 N–H and O–H groups in total. The van der Waals surface area contributed by atoms with Crippen LogP contribution < -0.4 is 4.90 Å². The van der Waals surface area contributed by atoms with E-state index in [1.165, 1.54) is 23.4 Å². The summed E-state index contributed by atoms with van der Waals surface area (Å²) in [7, 11) is 2.20. The van der Waals surface area contributed by atoms with Gasteiger partial charge in [0.15, 0.2) is 0 Å². The van der Waals surface area contributed by atoms with Crippen LogP contribution in [0.25, 0.3) is 0 Å². The third-order valence-corrected chi connectivity index (χ3v) is 4.46. The van der Waals surface area contributed by atoms with Crippen molar-refractivity contribution >= 4 is 17.4 Å². The van der Waals surface area contributed by atoms with Gasteiger partial charge in [-0.25, -0.2) is 0 Å². The molecular weight excluding hydrogens is 190 g/mol.